The van der Waals surface area contributed by atoms with Crippen molar-refractivity contribution in [3.8, 4) is 0 Å². The van der Waals surface area contributed by atoms with Gasteiger partial charge in [-0.15, -0.1) is 0 Å². The molecule has 1 aliphatic carbocycles. The van der Waals surface area contributed by atoms with E-state index in [1.165, 1.54) is 11.8 Å². The van der Waals surface area contributed by atoms with Crippen LogP contribution in [0.1, 0.15) is 63.4 Å². The number of hydrogen-bond donors (Lipinski definition) is 0. The van der Waals surface area contributed by atoms with Crippen LogP contribution in [-0.2, 0) is 14.1 Å². The van der Waals surface area contributed by atoms with Gasteiger partial charge in [0.05, 0.1) is 11.2 Å². The highest BCUT2D eigenvalue weighted by Crippen LogP contribution is 2.39. The Morgan fingerprint density at radius 3 is 2.15 bits per heavy atom. The molecule has 0 unspecified atom stereocenters. The van der Waals surface area contributed by atoms with Crippen molar-refractivity contribution in [1.82, 2.24) is 0 Å². The molecular formula is C21H27BO4S. The summed E-state index contributed by atoms with van der Waals surface area (Å²) in [5, 5.41) is 0.0581. The SMILES string of the molecule is CC(=O)SCC(=Cc1ccc(C(=O)C2CC2)cc1)B1OC(C)(C)C(C)(C)O1. The molecule has 1 aromatic rings. The molecule has 27 heavy (non-hydrogen) atoms. The summed E-state index contributed by atoms with van der Waals surface area (Å²) in [7, 11) is -0.491. The fraction of sp³-hybridized carbons (Fsp3) is 0.524. The third kappa shape index (κ3) is 4.73. The Balaban J connectivity index is 1.82. The Bertz CT molecular complexity index is 747. The summed E-state index contributed by atoms with van der Waals surface area (Å²) in [6, 6.07) is 7.65. The second-order valence-electron chi connectivity index (χ2n) is 8.35. The fourth-order valence-corrected chi connectivity index (χ4v) is 3.49. The molecule has 1 aromatic carbocycles. The first-order valence-electron chi connectivity index (χ1n) is 9.43. The van der Waals surface area contributed by atoms with Gasteiger partial charge in [0.15, 0.2) is 10.9 Å². The van der Waals surface area contributed by atoms with Gasteiger partial charge in [0, 0.05) is 24.2 Å². The summed E-state index contributed by atoms with van der Waals surface area (Å²) in [6.07, 6.45) is 4.02. The van der Waals surface area contributed by atoms with Crippen LogP contribution in [0, 0.1) is 5.92 Å². The van der Waals surface area contributed by atoms with E-state index in [4.69, 9.17) is 9.31 Å². The summed E-state index contributed by atoms with van der Waals surface area (Å²) in [5.74, 6) is 0.970. The Morgan fingerprint density at radius 1 is 1.11 bits per heavy atom. The van der Waals surface area contributed by atoms with Crippen molar-refractivity contribution in [3.05, 3.63) is 40.9 Å². The lowest BCUT2D eigenvalue weighted by atomic mass is 9.78. The van der Waals surface area contributed by atoms with Crippen LogP contribution in [0.25, 0.3) is 6.08 Å². The van der Waals surface area contributed by atoms with Crippen LogP contribution in [-0.4, -0.2) is 35.0 Å². The van der Waals surface area contributed by atoms with Crippen molar-refractivity contribution in [2.75, 3.05) is 5.75 Å². The molecule has 0 amide bonds. The van der Waals surface area contributed by atoms with Crippen LogP contribution >= 0.6 is 11.8 Å². The van der Waals surface area contributed by atoms with Crippen LogP contribution in [0.4, 0.5) is 0 Å². The van der Waals surface area contributed by atoms with E-state index in [0.29, 0.717) is 5.75 Å². The topological polar surface area (TPSA) is 52.6 Å². The van der Waals surface area contributed by atoms with E-state index in [-0.39, 0.29) is 16.8 Å². The van der Waals surface area contributed by atoms with Crippen molar-refractivity contribution in [3.63, 3.8) is 0 Å². The Hall–Kier alpha value is -1.37. The van der Waals surface area contributed by atoms with E-state index in [2.05, 4.69) is 0 Å². The lowest BCUT2D eigenvalue weighted by Crippen LogP contribution is -2.41. The summed E-state index contributed by atoms with van der Waals surface area (Å²) in [5.41, 5.74) is 1.78. The average Bonchev–Trinajstić information content (AvgIpc) is 3.39. The lowest BCUT2D eigenvalue weighted by molar-refractivity contribution is -0.109. The summed E-state index contributed by atoms with van der Waals surface area (Å²) in [4.78, 5) is 23.7. The van der Waals surface area contributed by atoms with Gasteiger partial charge in [-0.3, -0.25) is 9.59 Å². The maximum atomic E-state index is 12.2. The van der Waals surface area contributed by atoms with Crippen LogP contribution in [0.2, 0.25) is 0 Å². The fourth-order valence-electron chi connectivity index (χ4n) is 2.90. The van der Waals surface area contributed by atoms with E-state index >= 15 is 0 Å². The standard InChI is InChI=1S/C21H27BO4S/c1-14(23)27-13-18(22-25-20(2,3)21(4,5)26-22)12-15-6-8-16(9-7-15)19(24)17-10-11-17/h6-9,12,17H,10-11,13H2,1-5H3. The van der Waals surface area contributed by atoms with Gasteiger partial charge in [-0.2, -0.15) is 0 Å². The van der Waals surface area contributed by atoms with E-state index in [9.17, 15) is 9.59 Å². The molecule has 0 N–H and O–H groups in total. The maximum Gasteiger partial charge on any atom is 0.491 e. The zero-order valence-electron chi connectivity index (χ0n) is 16.7. The smallest absolute Gasteiger partial charge is 0.400 e. The first-order chi connectivity index (χ1) is 12.6. The number of thioether (sulfide) groups is 1. The molecule has 4 nitrogen and oxygen atoms in total. The second-order valence-corrected chi connectivity index (χ2v) is 9.50. The Kier molecular flexibility index (Phi) is 5.71. The third-order valence-corrected chi connectivity index (χ3v) is 6.38. The van der Waals surface area contributed by atoms with Gasteiger partial charge in [0.25, 0.3) is 0 Å². The third-order valence-electron chi connectivity index (χ3n) is 5.49. The Morgan fingerprint density at radius 2 is 1.67 bits per heavy atom. The minimum atomic E-state index is -0.491. The van der Waals surface area contributed by atoms with Gasteiger partial charge in [-0.05, 0) is 51.6 Å². The maximum absolute atomic E-state index is 12.2. The van der Waals surface area contributed by atoms with Crippen LogP contribution in [0.5, 0.6) is 0 Å². The normalized spacial score (nSPS) is 21.4. The molecule has 6 heteroatoms. The molecule has 1 heterocycles. The highest BCUT2D eigenvalue weighted by Gasteiger charge is 2.52. The molecule has 144 valence electrons. The molecule has 2 aliphatic rings. The summed E-state index contributed by atoms with van der Waals surface area (Å²) >= 11 is 1.24. The van der Waals surface area contributed by atoms with E-state index in [1.54, 1.807) is 6.92 Å². The first-order valence-corrected chi connectivity index (χ1v) is 10.4. The minimum absolute atomic E-state index is 0.0581. The minimum Gasteiger partial charge on any atom is -0.400 e. The highest BCUT2D eigenvalue weighted by atomic mass is 32.2. The lowest BCUT2D eigenvalue weighted by Gasteiger charge is -2.32. The molecule has 0 atom stereocenters. The first kappa shape index (κ1) is 20.4. The number of hydrogen-bond acceptors (Lipinski definition) is 5. The number of carbonyl (C=O) groups excluding carboxylic acids is 2. The molecule has 0 aromatic heterocycles. The number of rotatable bonds is 6. The van der Waals surface area contributed by atoms with E-state index in [1.807, 2.05) is 58.0 Å². The van der Waals surface area contributed by atoms with Crippen molar-refractivity contribution in [1.29, 1.82) is 0 Å². The quantitative estimate of drug-likeness (QED) is 0.529. The molecule has 0 radical (unpaired) electrons. The summed E-state index contributed by atoms with van der Waals surface area (Å²) in [6.45, 7) is 9.62. The molecule has 0 spiro atoms. The number of Topliss-reactive ketones (excluding diaryl/α,β-unsaturated/α-hetero) is 1. The van der Waals surface area contributed by atoms with Gasteiger partial charge in [0.2, 0.25) is 0 Å². The molecule has 1 saturated heterocycles. The molecule has 2 fully saturated rings. The molecule has 1 saturated carbocycles. The Labute approximate surface area is 166 Å². The van der Waals surface area contributed by atoms with Crippen molar-refractivity contribution >= 4 is 35.9 Å². The predicted octanol–water partition coefficient (Wildman–Crippen LogP) is 4.57. The van der Waals surface area contributed by atoms with E-state index < -0.39 is 18.3 Å². The van der Waals surface area contributed by atoms with Gasteiger partial charge >= 0.3 is 7.12 Å². The zero-order chi connectivity index (χ0) is 19.8. The molecule has 0 bridgehead atoms. The van der Waals surface area contributed by atoms with Crippen molar-refractivity contribution < 1.29 is 18.9 Å². The highest BCUT2D eigenvalue weighted by molar-refractivity contribution is 8.13. The molecule has 3 rings (SSSR count). The second kappa shape index (κ2) is 7.57. The van der Waals surface area contributed by atoms with Crippen molar-refractivity contribution in [2.45, 2.75) is 58.7 Å². The number of carbonyl (C=O) groups is 2. The van der Waals surface area contributed by atoms with Gasteiger partial charge < -0.3 is 9.31 Å². The van der Waals surface area contributed by atoms with Gasteiger partial charge in [0.1, 0.15) is 0 Å². The number of ketones is 1. The van der Waals surface area contributed by atoms with Crippen molar-refractivity contribution in [2.24, 2.45) is 5.92 Å². The largest absolute Gasteiger partial charge is 0.491 e. The average molecular weight is 386 g/mol. The van der Waals surface area contributed by atoms with Crippen LogP contribution < -0.4 is 0 Å². The zero-order valence-corrected chi connectivity index (χ0v) is 17.5. The van der Waals surface area contributed by atoms with Gasteiger partial charge in [-0.25, -0.2) is 0 Å². The molecular weight excluding hydrogens is 359 g/mol. The van der Waals surface area contributed by atoms with Gasteiger partial charge in [-0.1, -0.05) is 42.1 Å². The van der Waals surface area contributed by atoms with E-state index in [0.717, 1.165) is 29.4 Å². The van der Waals surface area contributed by atoms with Crippen LogP contribution in [0.15, 0.2) is 29.7 Å². The van der Waals surface area contributed by atoms with Crippen LogP contribution in [0.3, 0.4) is 0 Å². The predicted molar refractivity (Wildman–Crippen MR) is 111 cm³/mol. The molecule has 1 aliphatic heterocycles. The number of benzene rings is 1. The summed E-state index contributed by atoms with van der Waals surface area (Å²) < 4.78 is 12.3. The monoisotopic (exact) mass is 386 g/mol.